The van der Waals surface area contributed by atoms with Crippen LogP contribution in [-0.2, 0) is 16.0 Å². The summed E-state index contributed by atoms with van der Waals surface area (Å²) in [6.45, 7) is 5.77. The van der Waals surface area contributed by atoms with Gasteiger partial charge in [-0.1, -0.05) is 26.3 Å². The molecule has 9 nitrogen and oxygen atoms in total. The van der Waals surface area contributed by atoms with E-state index in [1.165, 1.54) is 18.3 Å². The van der Waals surface area contributed by atoms with Crippen molar-refractivity contribution in [3.05, 3.63) is 57.5 Å². The van der Waals surface area contributed by atoms with Crippen LogP contribution < -0.4 is 15.0 Å². The molecule has 1 aliphatic carbocycles. The van der Waals surface area contributed by atoms with E-state index < -0.39 is 28.7 Å². The van der Waals surface area contributed by atoms with Crippen LogP contribution in [0.3, 0.4) is 0 Å². The highest BCUT2D eigenvalue weighted by Crippen LogP contribution is 2.42. The molecule has 0 bridgehead atoms. The fourth-order valence-corrected chi connectivity index (χ4v) is 4.22. The summed E-state index contributed by atoms with van der Waals surface area (Å²) in [6, 6.07) is 0. The van der Waals surface area contributed by atoms with Gasteiger partial charge in [0.25, 0.3) is 5.56 Å². The molecule has 10 heteroatoms. The van der Waals surface area contributed by atoms with Crippen molar-refractivity contribution in [3.63, 3.8) is 0 Å². The van der Waals surface area contributed by atoms with Crippen LogP contribution in [0.15, 0.2) is 40.8 Å². The summed E-state index contributed by atoms with van der Waals surface area (Å²) in [5.74, 6) is -3.02. The lowest BCUT2D eigenvalue weighted by molar-refractivity contribution is -0.134. The van der Waals surface area contributed by atoms with Crippen LogP contribution in [0.4, 0.5) is 4.39 Å². The summed E-state index contributed by atoms with van der Waals surface area (Å²) in [5.41, 5.74) is -0.781. The quantitative estimate of drug-likeness (QED) is 0.400. The van der Waals surface area contributed by atoms with Crippen molar-refractivity contribution < 1.29 is 33.3 Å². The molecule has 1 unspecified atom stereocenters. The van der Waals surface area contributed by atoms with Gasteiger partial charge in [-0.05, 0) is 43.8 Å². The topological polar surface area (TPSA) is 117 Å². The highest BCUT2D eigenvalue weighted by molar-refractivity contribution is 6.02. The van der Waals surface area contributed by atoms with Crippen molar-refractivity contribution in [2.45, 2.75) is 46.5 Å². The minimum absolute atomic E-state index is 0.0305. The molecule has 2 aliphatic rings. The number of halogens is 1. The minimum Gasteiger partial charge on any atom is -0.490 e. The number of hydrogen-bond donors (Lipinski definition) is 1. The van der Waals surface area contributed by atoms with Gasteiger partial charge in [0.2, 0.25) is 5.76 Å². The van der Waals surface area contributed by atoms with Crippen LogP contribution in [0.25, 0.3) is 17.2 Å². The lowest BCUT2D eigenvalue weighted by Gasteiger charge is -2.29. The van der Waals surface area contributed by atoms with Crippen molar-refractivity contribution >= 4 is 29.2 Å². The number of carbonyl (C=O) groups is 2. The zero-order valence-electron chi connectivity index (χ0n) is 20.3. The molecule has 3 heterocycles. The first-order valence-electron chi connectivity index (χ1n) is 11.8. The second-order valence-corrected chi connectivity index (χ2v) is 8.97. The maximum Gasteiger partial charge on any atom is 0.373 e. The minimum atomic E-state index is -1.39. The molecule has 1 N–H and O–H groups in total. The molecule has 0 saturated carbocycles. The molecule has 2 aromatic heterocycles. The van der Waals surface area contributed by atoms with Gasteiger partial charge in [0, 0.05) is 11.8 Å². The lowest BCUT2D eigenvalue weighted by Crippen LogP contribution is -2.30. The Morgan fingerprint density at radius 1 is 1.33 bits per heavy atom. The predicted molar refractivity (Wildman–Crippen MR) is 130 cm³/mol. The Morgan fingerprint density at radius 2 is 2.11 bits per heavy atom. The van der Waals surface area contributed by atoms with E-state index in [1.807, 2.05) is 13.8 Å². The Labute approximate surface area is 206 Å². The normalized spacial score (nSPS) is 18.3. The second-order valence-electron chi connectivity index (χ2n) is 8.97. The number of carboxylic acid groups (broad SMARTS) is 1. The van der Waals surface area contributed by atoms with E-state index in [-0.39, 0.29) is 47.1 Å². The highest BCUT2D eigenvalue weighted by Gasteiger charge is 2.33. The molecule has 0 radical (unpaired) electrons. The molecule has 1 aliphatic heterocycles. The average Bonchev–Trinajstić information content (AvgIpc) is 2.84. The first-order valence-corrected chi connectivity index (χ1v) is 11.8. The molecule has 2 aromatic rings. The Balaban J connectivity index is 1.97. The Kier molecular flexibility index (Phi) is 6.96. The molecule has 0 amide bonds. The molecule has 0 aromatic carbocycles. The predicted octanol–water partition coefficient (Wildman–Crippen LogP) is 4.39. The van der Waals surface area contributed by atoms with Crippen LogP contribution >= 0.6 is 0 Å². The van der Waals surface area contributed by atoms with E-state index in [0.29, 0.717) is 24.8 Å². The van der Waals surface area contributed by atoms with Gasteiger partial charge in [0.05, 0.1) is 19.4 Å². The maximum atomic E-state index is 13.6. The lowest BCUT2D eigenvalue weighted by atomic mass is 9.78. The molecule has 190 valence electrons. The number of esters is 1. The van der Waals surface area contributed by atoms with E-state index in [9.17, 15) is 23.9 Å². The fraction of sp³-hybridized carbons (Fsp3) is 0.385. The number of hydrogen-bond acceptors (Lipinski definition) is 7. The summed E-state index contributed by atoms with van der Waals surface area (Å²) >= 11 is 0. The number of carboxylic acids is 1. The van der Waals surface area contributed by atoms with E-state index >= 15 is 0 Å². The number of unbranched alkanes of at least 4 members (excludes halogenated alkanes) is 1. The number of allylic oxidation sites excluding steroid dienone is 4. The third-order valence-corrected chi connectivity index (χ3v) is 6.09. The molecular weight excluding hydrogens is 471 g/mol. The molecule has 0 fully saturated rings. The monoisotopic (exact) mass is 498 g/mol. The average molecular weight is 499 g/mol. The van der Waals surface area contributed by atoms with E-state index in [4.69, 9.17) is 14.2 Å². The molecule has 0 saturated heterocycles. The fourth-order valence-electron chi connectivity index (χ4n) is 4.22. The smallest absolute Gasteiger partial charge is 0.373 e. The third kappa shape index (κ3) is 4.62. The number of aliphatic carboxylic acids is 1. The summed E-state index contributed by atoms with van der Waals surface area (Å²) in [5, 5.41) is 9.66. The van der Waals surface area contributed by atoms with Crippen LogP contribution in [0.5, 0.6) is 11.5 Å². The molecule has 0 spiro atoms. The maximum absolute atomic E-state index is 13.6. The van der Waals surface area contributed by atoms with Crippen LogP contribution in [-0.4, -0.2) is 39.8 Å². The molecule has 1 atom stereocenters. The summed E-state index contributed by atoms with van der Waals surface area (Å²) in [4.78, 5) is 42.7. The number of rotatable bonds is 9. The van der Waals surface area contributed by atoms with Crippen LogP contribution in [0, 0.1) is 5.41 Å². The number of ether oxygens (including phenoxy) is 3. The number of nitrogens with zero attached hydrogens (tertiary/aromatic N) is 2. The van der Waals surface area contributed by atoms with E-state index in [1.54, 1.807) is 13.0 Å². The number of pyridine rings is 2. The summed E-state index contributed by atoms with van der Waals surface area (Å²) < 4.78 is 31.4. The molecule has 4 rings (SSSR count). The first-order chi connectivity index (χ1) is 17.2. The Bertz CT molecular complexity index is 1390. The third-order valence-electron chi connectivity index (χ3n) is 6.09. The van der Waals surface area contributed by atoms with E-state index in [0.717, 1.165) is 17.2 Å². The van der Waals surface area contributed by atoms with E-state index in [2.05, 4.69) is 4.98 Å². The van der Waals surface area contributed by atoms with Gasteiger partial charge in [-0.25, -0.2) is 14.0 Å². The Morgan fingerprint density at radius 3 is 2.75 bits per heavy atom. The largest absolute Gasteiger partial charge is 0.490 e. The second kappa shape index (κ2) is 9.96. The van der Waals surface area contributed by atoms with Gasteiger partial charge in [0.1, 0.15) is 16.9 Å². The molecule has 36 heavy (non-hydrogen) atoms. The summed E-state index contributed by atoms with van der Waals surface area (Å²) in [7, 11) is 0. The van der Waals surface area contributed by atoms with Gasteiger partial charge in [-0.2, -0.15) is 0 Å². The highest BCUT2D eigenvalue weighted by atomic mass is 19.1. The van der Waals surface area contributed by atoms with Gasteiger partial charge in [-0.15, -0.1) is 0 Å². The van der Waals surface area contributed by atoms with Crippen LogP contribution in [0.2, 0.25) is 0 Å². The van der Waals surface area contributed by atoms with Gasteiger partial charge < -0.3 is 19.3 Å². The van der Waals surface area contributed by atoms with Crippen LogP contribution in [0.1, 0.15) is 56.0 Å². The van der Waals surface area contributed by atoms with Crippen molar-refractivity contribution in [2.24, 2.45) is 5.41 Å². The number of aromatic nitrogens is 2. The Hall–Kier alpha value is -3.95. The van der Waals surface area contributed by atoms with Gasteiger partial charge in [0.15, 0.2) is 17.1 Å². The standard InChI is InChI=1S/C26H27FN2O7/c1-4-6-11-35-22-18(25(33)34-5-2)23(30)29-14-17(24(31)32)36-21-15(13-28-19(22)20(21)29)12-26(3)9-7-16(27)8-10-26/h7-9,13-14H,4-6,10-12H2,1-3H3,(H,31,32). The zero-order valence-corrected chi connectivity index (χ0v) is 20.3. The van der Waals surface area contributed by atoms with Gasteiger partial charge in [-0.3, -0.25) is 14.3 Å². The first kappa shape index (κ1) is 25.2. The zero-order chi connectivity index (χ0) is 26.0. The van der Waals surface area contributed by atoms with Crippen molar-refractivity contribution in [1.29, 1.82) is 0 Å². The summed E-state index contributed by atoms with van der Waals surface area (Å²) in [6.07, 6.45) is 9.36. The number of carbonyl (C=O) groups excluding carboxylic acids is 1. The molecular formula is C26H27FN2O7. The van der Waals surface area contributed by atoms with Crippen molar-refractivity contribution in [3.8, 4) is 11.5 Å². The SMILES string of the molecule is CCCCOc1c(C(=O)OCC)c(=O)n2c3c(c(CC4(C)C=CC(F)=CC4)cnc13)OC(C(=O)O)=C2. The van der Waals surface area contributed by atoms with Crippen molar-refractivity contribution in [2.75, 3.05) is 13.2 Å². The van der Waals surface area contributed by atoms with Crippen molar-refractivity contribution in [1.82, 2.24) is 9.55 Å². The van der Waals surface area contributed by atoms with Gasteiger partial charge >= 0.3 is 11.9 Å².